The molecule has 0 fully saturated rings. The van der Waals surface area contributed by atoms with Gasteiger partial charge in [-0.2, -0.15) is 0 Å². The highest BCUT2D eigenvalue weighted by Crippen LogP contribution is 2.18. The van der Waals surface area contributed by atoms with Crippen molar-refractivity contribution in [2.75, 3.05) is 24.7 Å². The Morgan fingerprint density at radius 1 is 0.939 bits per heavy atom. The van der Waals surface area contributed by atoms with E-state index in [0.717, 1.165) is 28.4 Å². The van der Waals surface area contributed by atoms with E-state index < -0.39 is 0 Å². The number of anilines is 1. The molecule has 3 amide bonds. The van der Waals surface area contributed by atoms with Crippen LogP contribution in [0.3, 0.4) is 0 Å². The molecule has 0 spiro atoms. The maximum Gasteiger partial charge on any atom is 0.322 e. The molecule has 0 atom stereocenters. The molecule has 174 valence electrons. The van der Waals surface area contributed by atoms with E-state index in [1.165, 1.54) is 0 Å². The van der Waals surface area contributed by atoms with Crippen molar-refractivity contribution >= 4 is 29.4 Å². The summed E-state index contributed by atoms with van der Waals surface area (Å²) in [5, 5.41) is 2.91. The van der Waals surface area contributed by atoms with Crippen LogP contribution in [-0.4, -0.2) is 41.1 Å². The van der Waals surface area contributed by atoms with Gasteiger partial charge in [0.2, 0.25) is 5.91 Å². The Kier molecular flexibility index (Phi) is 9.01. The van der Waals surface area contributed by atoms with Gasteiger partial charge in [-0.15, -0.1) is 11.8 Å². The van der Waals surface area contributed by atoms with Crippen molar-refractivity contribution in [2.24, 2.45) is 0 Å². The van der Waals surface area contributed by atoms with Gasteiger partial charge in [0.1, 0.15) is 18.1 Å². The highest BCUT2D eigenvalue weighted by Gasteiger charge is 2.22. The Balaban J connectivity index is 1.72. The molecule has 33 heavy (non-hydrogen) atoms. The Morgan fingerprint density at radius 2 is 1.67 bits per heavy atom. The van der Waals surface area contributed by atoms with Gasteiger partial charge in [0.25, 0.3) is 0 Å². The summed E-state index contributed by atoms with van der Waals surface area (Å²) < 4.78 is 5.71. The Hall–Kier alpha value is -3.19. The molecule has 0 unspecified atom stereocenters. The molecule has 6 nitrogen and oxygen atoms in total. The van der Waals surface area contributed by atoms with Crippen LogP contribution in [-0.2, 0) is 17.9 Å². The molecule has 0 aliphatic rings. The first-order valence-corrected chi connectivity index (χ1v) is 12.3. The molecule has 3 aromatic rings. The van der Waals surface area contributed by atoms with Gasteiger partial charge in [-0.25, -0.2) is 4.79 Å². The van der Waals surface area contributed by atoms with Crippen LogP contribution < -0.4 is 5.32 Å². The van der Waals surface area contributed by atoms with Crippen molar-refractivity contribution in [1.82, 2.24) is 9.80 Å². The van der Waals surface area contributed by atoms with Crippen molar-refractivity contribution in [2.45, 2.75) is 38.3 Å². The molecule has 0 radical (unpaired) electrons. The number of nitrogens with one attached hydrogen (secondary N) is 1. The van der Waals surface area contributed by atoms with E-state index in [1.54, 1.807) is 21.6 Å². The lowest BCUT2D eigenvalue weighted by molar-refractivity contribution is -0.133. The van der Waals surface area contributed by atoms with Gasteiger partial charge >= 0.3 is 6.03 Å². The van der Waals surface area contributed by atoms with Gasteiger partial charge in [-0.3, -0.25) is 4.79 Å². The van der Waals surface area contributed by atoms with Crippen LogP contribution in [0.15, 0.2) is 76.0 Å². The summed E-state index contributed by atoms with van der Waals surface area (Å²) in [6, 6.07) is 21.0. The van der Waals surface area contributed by atoms with Gasteiger partial charge in [-0.05, 0) is 61.6 Å². The first-order valence-electron chi connectivity index (χ1n) is 11.1. The van der Waals surface area contributed by atoms with Crippen molar-refractivity contribution in [1.29, 1.82) is 0 Å². The molecule has 2 aromatic carbocycles. The van der Waals surface area contributed by atoms with Gasteiger partial charge in [0, 0.05) is 23.7 Å². The van der Waals surface area contributed by atoms with Crippen molar-refractivity contribution in [3.63, 3.8) is 0 Å². The van der Waals surface area contributed by atoms with E-state index in [1.807, 2.05) is 86.8 Å². The number of thioether (sulfide) groups is 1. The summed E-state index contributed by atoms with van der Waals surface area (Å²) in [6.07, 6.45) is 2.76. The second-order valence-corrected chi connectivity index (χ2v) is 8.71. The normalized spacial score (nSPS) is 10.6. The van der Waals surface area contributed by atoms with Crippen LogP contribution in [0.25, 0.3) is 0 Å². The molecule has 1 heterocycles. The second kappa shape index (κ2) is 12.2. The molecule has 1 N–H and O–H groups in total. The molecule has 0 saturated carbocycles. The minimum absolute atomic E-state index is 0.00487. The zero-order chi connectivity index (χ0) is 23.6. The summed E-state index contributed by atoms with van der Waals surface area (Å²) in [6.45, 7) is 5.14. The summed E-state index contributed by atoms with van der Waals surface area (Å²) in [7, 11) is 0. The summed E-state index contributed by atoms with van der Waals surface area (Å²) >= 11 is 1.64. The van der Waals surface area contributed by atoms with E-state index in [0.29, 0.717) is 25.3 Å². The highest BCUT2D eigenvalue weighted by molar-refractivity contribution is 7.98. The van der Waals surface area contributed by atoms with Gasteiger partial charge in [-0.1, -0.05) is 37.3 Å². The molecular formula is C26H31N3O3S. The average molecular weight is 466 g/mol. The van der Waals surface area contributed by atoms with Crippen LogP contribution in [0.4, 0.5) is 10.5 Å². The number of rotatable bonds is 10. The van der Waals surface area contributed by atoms with Crippen LogP contribution in [0.2, 0.25) is 0 Å². The first kappa shape index (κ1) is 24.5. The van der Waals surface area contributed by atoms with Gasteiger partial charge in [0.05, 0.1) is 6.54 Å². The third-order valence-corrected chi connectivity index (χ3v) is 5.90. The zero-order valence-corrected chi connectivity index (χ0v) is 20.2. The Labute approximate surface area is 200 Å². The van der Waals surface area contributed by atoms with E-state index in [4.69, 9.17) is 4.42 Å². The molecule has 0 bridgehead atoms. The molecular weight excluding hydrogens is 434 g/mol. The maximum absolute atomic E-state index is 13.3. The lowest BCUT2D eigenvalue weighted by atomic mass is 10.2. The number of carbonyl (C=O) groups excluding carboxylic acids is 2. The summed E-state index contributed by atoms with van der Waals surface area (Å²) in [5.74, 6) is 1.39. The van der Waals surface area contributed by atoms with E-state index >= 15 is 0 Å². The van der Waals surface area contributed by atoms with Crippen molar-refractivity contribution < 1.29 is 14.0 Å². The van der Waals surface area contributed by atoms with E-state index in [-0.39, 0.29) is 18.5 Å². The first-order chi connectivity index (χ1) is 16.0. The molecule has 0 aliphatic heterocycles. The molecule has 3 rings (SSSR count). The number of urea groups is 1. The molecule has 7 heteroatoms. The average Bonchev–Trinajstić information content (AvgIpc) is 3.24. The topological polar surface area (TPSA) is 65.8 Å². The SMILES string of the molecule is CCCN(CC(=O)N(Cc1ccccc1)Cc1ccc(C)o1)C(=O)Nc1ccc(SC)cc1. The number of nitrogens with zero attached hydrogens (tertiary/aromatic N) is 2. The fraction of sp³-hybridized carbons (Fsp3) is 0.308. The Bertz CT molecular complexity index is 1030. The van der Waals surface area contributed by atoms with Gasteiger partial charge in [0.15, 0.2) is 0 Å². The van der Waals surface area contributed by atoms with E-state index in [2.05, 4.69) is 5.32 Å². The molecule has 0 aliphatic carbocycles. The number of benzene rings is 2. The fourth-order valence-corrected chi connectivity index (χ4v) is 3.87. The minimum Gasteiger partial charge on any atom is -0.464 e. The number of furan rings is 1. The van der Waals surface area contributed by atoms with Crippen LogP contribution >= 0.6 is 11.8 Å². The number of carbonyl (C=O) groups is 2. The predicted molar refractivity (Wildman–Crippen MR) is 133 cm³/mol. The third-order valence-electron chi connectivity index (χ3n) is 5.16. The molecule has 0 saturated heterocycles. The monoisotopic (exact) mass is 465 g/mol. The lowest BCUT2D eigenvalue weighted by Gasteiger charge is -2.27. The zero-order valence-electron chi connectivity index (χ0n) is 19.4. The van der Waals surface area contributed by atoms with Gasteiger partial charge < -0.3 is 19.5 Å². The fourth-order valence-electron chi connectivity index (χ4n) is 3.46. The Morgan fingerprint density at radius 3 is 2.27 bits per heavy atom. The standard InChI is InChI=1S/C26H31N3O3S/c1-4-16-28(26(31)27-22-11-14-24(33-3)15-12-22)19-25(30)29(17-21-8-6-5-7-9-21)18-23-13-10-20(2)32-23/h5-15H,4,16-19H2,1-3H3,(H,27,31). The number of aryl methyl sites for hydroxylation is 1. The predicted octanol–water partition coefficient (Wildman–Crippen LogP) is 5.78. The summed E-state index contributed by atoms with van der Waals surface area (Å²) in [4.78, 5) is 30.7. The third kappa shape index (κ3) is 7.43. The number of hydrogen-bond donors (Lipinski definition) is 1. The smallest absolute Gasteiger partial charge is 0.322 e. The van der Waals surface area contributed by atoms with E-state index in [9.17, 15) is 9.59 Å². The minimum atomic E-state index is -0.282. The number of hydrogen-bond acceptors (Lipinski definition) is 4. The highest BCUT2D eigenvalue weighted by atomic mass is 32.2. The number of amides is 3. The van der Waals surface area contributed by atoms with Crippen molar-refractivity contribution in [3.05, 3.63) is 83.8 Å². The second-order valence-electron chi connectivity index (χ2n) is 7.83. The van der Waals surface area contributed by atoms with Crippen LogP contribution in [0.5, 0.6) is 0 Å². The van der Waals surface area contributed by atoms with Crippen LogP contribution in [0, 0.1) is 6.92 Å². The maximum atomic E-state index is 13.3. The quantitative estimate of drug-likeness (QED) is 0.385. The largest absolute Gasteiger partial charge is 0.464 e. The summed E-state index contributed by atoms with van der Waals surface area (Å²) in [5.41, 5.74) is 1.73. The lowest BCUT2D eigenvalue weighted by Crippen LogP contribution is -2.44. The molecule has 1 aromatic heterocycles. The van der Waals surface area contributed by atoms with Crippen molar-refractivity contribution in [3.8, 4) is 0 Å². The van der Waals surface area contributed by atoms with Crippen LogP contribution in [0.1, 0.15) is 30.4 Å².